The summed E-state index contributed by atoms with van der Waals surface area (Å²) in [6.45, 7) is 0.855. The molecule has 1 aliphatic heterocycles. The van der Waals surface area contributed by atoms with Crippen molar-refractivity contribution in [3.8, 4) is 0 Å². The average Bonchev–Trinajstić information content (AvgIpc) is 2.89. The lowest BCUT2D eigenvalue weighted by Crippen LogP contribution is -2.44. The largest absolute Gasteiger partial charge is 0.356 e. The average molecular weight is 337 g/mol. The van der Waals surface area contributed by atoms with Gasteiger partial charge in [0.2, 0.25) is 0 Å². The first-order valence-electron chi connectivity index (χ1n) is 8.30. The molecule has 0 amide bonds. The quantitative estimate of drug-likeness (QED) is 0.452. The second-order valence-corrected chi connectivity index (χ2v) is 8.27. The maximum atomic E-state index is 11.5. The normalized spacial score (nSPS) is 20.4. The van der Waals surface area contributed by atoms with Gasteiger partial charge in [-0.3, -0.25) is 4.99 Å². The molecule has 23 heavy (non-hydrogen) atoms. The highest BCUT2D eigenvalue weighted by atomic mass is 32.2. The van der Waals surface area contributed by atoms with Crippen molar-refractivity contribution in [1.29, 1.82) is 0 Å². The number of hydrogen-bond acceptors (Lipinski definition) is 3. The number of benzene rings is 1. The van der Waals surface area contributed by atoms with Crippen molar-refractivity contribution < 1.29 is 8.42 Å². The number of nitrogens with zero attached hydrogens (tertiary/aromatic N) is 1. The summed E-state index contributed by atoms with van der Waals surface area (Å²) < 4.78 is 22.9. The third-order valence-electron chi connectivity index (χ3n) is 4.07. The Labute approximate surface area is 139 Å². The molecule has 2 N–H and O–H groups in total. The molecule has 5 nitrogen and oxygen atoms in total. The summed E-state index contributed by atoms with van der Waals surface area (Å²) in [4.78, 5) is 4.16. The Kier molecular flexibility index (Phi) is 6.89. The zero-order valence-electron chi connectivity index (χ0n) is 13.8. The van der Waals surface area contributed by atoms with Gasteiger partial charge >= 0.3 is 0 Å². The van der Waals surface area contributed by atoms with E-state index in [-0.39, 0.29) is 17.5 Å². The van der Waals surface area contributed by atoms with Crippen molar-refractivity contribution in [3.05, 3.63) is 35.9 Å². The summed E-state index contributed by atoms with van der Waals surface area (Å²) in [5.41, 5.74) is 1.39. The number of guanidine groups is 1. The molecule has 0 aromatic heterocycles. The maximum absolute atomic E-state index is 11.5. The van der Waals surface area contributed by atoms with E-state index in [1.54, 1.807) is 7.05 Å². The van der Waals surface area contributed by atoms with E-state index >= 15 is 0 Å². The highest BCUT2D eigenvalue weighted by Crippen LogP contribution is 2.11. The van der Waals surface area contributed by atoms with E-state index in [4.69, 9.17) is 0 Å². The fourth-order valence-corrected chi connectivity index (χ4v) is 4.45. The molecule has 1 fully saturated rings. The lowest BCUT2D eigenvalue weighted by atomic mass is 10.1. The van der Waals surface area contributed by atoms with E-state index in [2.05, 4.69) is 39.9 Å². The molecule has 1 aromatic carbocycles. The van der Waals surface area contributed by atoms with Gasteiger partial charge in [0.25, 0.3) is 0 Å². The molecular weight excluding hydrogens is 310 g/mol. The third kappa shape index (κ3) is 6.60. The van der Waals surface area contributed by atoms with E-state index < -0.39 is 9.84 Å². The molecule has 1 saturated heterocycles. The molecule has 0 saturated carbocycles. The molecule has 1 atom stereocenters. The van der Waals surface area contributed by atoms with Gasteiger partial charge < -0.3 is 10.6 Å². The summed E-state index contributed by atoms with van der Waals surface area (Å²) in [5, 5.41) is 6.46. The van der Waals surface area contributed by atoms with Crippen molar-refractivity contribution in [3.63, 3.8) is 0 Å². The van der Waals surface area contributed by atoms with Gasteiger partial charge in [0.15, 0.2) is 15.8 Å². The Bertz CT molecular complexity index is 600. The minimum absolute atomic E-state index is 0.00993. The van der Waals surface area contributed by atoms with Crippen molar-refractivity contribution in [2.45, 2.75) is 38.1 Å². The lowest BCUT2D eigenvalue weighted by Gasteiger charge is -2.16. The number of aryl methyl sites for hydroxylation is 1. The fraction of sp³-hybridized carbons (Fsp3) is 0.588. The number of sulfone groups is 1. The number of nitrogens with one attached hydrogen (secondary N) is 2. The van der Waals surface area contributed by atoms with E-state index in [1.807, 2.05) is 6.07 Å². The first-order chi connectivity index (χ1) is 11.1. The maximum Gasteiger partial charge on any atom is 0.191 e. The van der Waals surface area contributed by atoms with Gasteiger partial charge in [-0.05, 0) is 31.2 Å². The molecule has 1 aliphatic rings. The molecule has 0 aliphatic carbocycles. The molecule has 0 spiro atoms. The molecule has 128 valence electrons. The predicted octanol–water partition coefficient (Wildman–Crippen LogP) is 1.75. The van der Waals surface area contributed by atoms with Crippen LogP contribution in [-0.2, 0) is 16.3 Å². The van der Waals surface area contributed by atoms with Gasteiger partial charge in [-0.2, -0.15) is 0 Å². The molecule has 1 aromatic rings. The van der Waals surface area contributed by atoms with Crippen LogP contribution in [0.25, 0.3) is 0 Å². The number of unbranched alkanes of at least 4 members (excludes halogenated alkanes) is 2. The monoisotopic (exact) mass is 337 g/mol. The highest BCUT2D eigenvalue weighted by molar-refractivity contribution is 7.91. The lowest BCUT2D eigenvalue weighted by molar-refractivity contribution is 0.599. The van der Waals surface area contributed by atoms with Crippen LogP contribution < -0.4 is 10.6 Å². The van der Waals surface area contributed by atoms with E-state index in [9.17, 15) is 8.42 Å². The molecule has 1 heterocycles. The molecule has 6 heteroatoms. The van der Waals surface area contributed by atoms with Gasteiger partial charge in [0, 0.05) is 19.6 Å². The van der Waals surface area contributed by atoms with Crippen LogP contribution in [0.5, 0.6) is 0 Å². The van der Waals surface area contributed by atoms with Crippen LogP contribution in [0.4, 0.5) is 0 Å². The smallest absolute Gasteiger partial charge is 0.191 e. The van der Waals surface area contributed by atoms with Gasteiger partial charge in [-0.1, -0.05) is 36.8 Å². The minimum Gasteiger partial charge on any atom is -0.356 e. The van der Waals surface area contributed by atoms with Crippen molar-refractivity contribution in [1.82, 2.24) is 10.6 Å². The number of rotatable bonds is 7. The SMILES string of the molecule is CN=C(NCCCCCc1ccccc1)NC1CCS(=O)(=O)C1. The third-order valence-corrected chi connectivity index (χ3v) is 5.84. The molecule has 2 rings (SSSR count). The van der Waals surface area contributed by atoms with Crippen LogP contribution in [-0.4, -0.2) is 45.5 Å². The van der Waals surface area contributed by atoms with E-state index in [0.29, 0.717) is 12.4 Å². The van der Waals surface area contributed by atoms with Gasteiger partial charge in [0.05, 0.1) is 11.5 Å². The zero-order chi connectivity index (χ0) is 16.5. The van der Waals surface area contributed by atoms with Crippen LogP contribution in [0.2, 0.25) is 0 Å². The van der Waals surface area contributed by atoms with Gasteiger partial charge in [-0.15, -0.1) is 0 Å². The Morgan fingerprint density at radius 1 is 1.22 bits per heavy atom. The highest BCUT2D eigenvalue weighted by Gasteiger charge is 2.28. The summed E-state index contributed by atoms with van der Waals surface area (Å²) >= 11 is 0. The van der Waals surface area contributed by atoms with Crippen LogP contribution in [0, 0.1) is 0 Å². The molecule has 1 unspecified atom stereocenters. The fourth-order valence-electron chi connectivity index (χ4n) is 2.78. The summed E-state index contributed by atoms with van der Waals surface area (Å²) in [5.74, 6) is 1.20. The van der Waals surface area contributed by atoms with Crippen molar-refractivity contribution >= 4 is 15.8 Å². The second kappa shape index (κ2) is 8.91. The van der Waals surface area contributed by atoms with Crippen LogP contribution in [0.1, 0.15) is 31.2 Å². The number of hydrogen-bond donors (Lipinski definition) is 2. The van der Waals surface area contributed by atoms with Crippen LogP contribution in [0.3, 0.4) is 0 Å². The van der Waals surface area contributed by atoms with Gasteiger partial charge in [0.1, 0.15) is 0 Å². The van der Waals surface area contributed by atoms with Crippen LogP contribution >= 0.6 is 0 Å². The minimum atomic E-state index is -2.85. The van der Waals surface area contributed by atoms with Crippen molar-refractivity contribution in [2.24, 2.45) is 4.99 Å². The Balaban J connectivity index is 1.57. The molecule has 0 radical (unpaired) electrons. The van der Waals surface area contributed by atoms with E-state index in [1.165, 1.54) is 12.0 Å². The Morgan fingerprint density at radius 2 is 2.00 bits per heavy atom. The standard InChI is InChI=1S/C17H27N3O2S/c1-18-17(20-16-11-13-23(21,22)14-16)19-12-7-3-6-10-15-8-4-2-5-9-15/h2,4-5,8-9,16H,3,6-7,10-14H2,1H3,(H2,18,19,20). The van der Waals surface area contributed by atoms with Crippen molar-refractivity contribution in [2.75, 3.05) is 25.1 Å². The Morgan fingerprint density at radius 3 is 2.65 bits per heavy atom. The zero-order valence-corrected chi connectivity index (χ0v) is 14.6. The van der Waals surface area contributed by atoms with Crippen LogP contribution in [0.15, 0.2) is 35.3 Å². The Hall–Kier alpha value is -1.56. The summed E-state index contributed by atoms with van der Waals surface area (Å²) in [7, 11) is -1.14. The first kappa shape index (κ1) is 17.8. The second-order valence-electron chi connectivity index (χ2n) is 6.04. The van der Waals surface area contributed by atoms with E-state index in [0.717, 1.165) is 25.8 Å². The summed E-state index contributed by atoms with van der Waals surface area (Å²) in [6.07, 6.45) is 5.21. The molecular formula is C17H27N3O2S. The van der Waals surface area contributed by atoms with Gasteiger partial charge in [-0.25, -0.2) is 8.42 Å². The number of aliphatic imine (C=N–C) groups is 1. The summed E-state index contributed by atoms with van der Waals surface area (Å²) in [6, 6.07) is 10.5. The predicted molar refractivity (Wildman–Crippen MR) is 95.6 cm³/mol. The topological polar surface area (TPSA) is 70.6 Å². The first-order valence-corrected chi connectivity index (χ1v) is 10.1. The molecule has 0 bridgehead atoms.